The molecule has 1 aromatic carbocycles. The first kappa shape index (κ1) is 18.0. The Morgan fingerprint density at radius 2 is 1.83 bits per heavy atom. The Balaban J connectivity index is 2.04. The number of hydrogen-bond acceptors (Lipinski definition) is 3. The molecule has 1 saturated heterocycles. The van der Waals surface area contributed by atoms with Crippen LogP contribution in [0.3, 0.4) is 0 Å². The summed E-state index contributed by atoms with van der Waals surface area (Å²) in [5, 5.41) is 2.19. The van der Waals surface area contributed by atoms with Crippen molar-refractivity contribution in [1.82, 2.24) is 10.2 Å². The Morgan fingerprint density at radius 1 is 1.25 bits per heavy atom. The number of rotatable bonds is 3. The minimum absolute atomic E-state index is 0.0635. The van der Waals surface area contributed by atoms with Crippen molar-refractivity contribution in [2.45, 2.75) is 19.9 Å². The van der Waals surface area contributed by atoms with E-state index in [1.54, 1.807) is 6.92 Å². The van der Waals surface area contributed by atoms with Crippen LogP contribution in [0.2, 0.25) is 0 Å². The van der Waals surface area contributed by atoms with Gasteiger partial charge in [-0.05, 0) is 13.3 Å². The summed E-state index contributed by atoms with van der Waals surface area (Å²) in [7, 11) is 1.24. The highest BCUT2D eigenvalue weighted by Gasteiger charge is 2.43. The fourth-order valence-electron chi connectivity index (χ4n) is 2.60. The minimum Gasteiger partial charge on any atom is -0.469 e. The lowest BCUT2D eigenvalue weighted by Gasteiger charge is -2.22. The Kier molecular flexibility index (Phi) is 5.00. The third-order valence-electron chi connectivity index (χ3n) is 4.06. The van der Waals surface area contributed by atoms with Crippen LogP contribution in [-0.2, 0) is 16.1 Å². The molecule has 0 radical (unpaired) electrons. The lowest BCUT2D eigenvalue weighted by atomic mass is 9.90. The molecule has 0 aromatic heterocycles. The molecular formula is C15H16F4N2O3. The minimum atomic E-state index is -1.56. The molecule has 5 nitrogen and oxygen atoms in total. The van der Waals surface area contributed by atoms with E-state index in [1.807, 2.05) is 0 Å². The number of amides is 2. The van der Waals surface area contributed by atoms with Gasteiger partial charge in [0, 0.05) is 24.7 Å². The molecule has 132 valence electrons. The van der Waals surface area contributed by atoms with Gasteiger partial charge in [-0.2, -0.15) is 0 Å². The van der Waals surface area contributed by atoms with Gasteiger partial charge in [0.15, 0.2) is 23.3 Å². The summed E-state index contributed by atoms with van der Waals surface area (Å²) in [5.74, 6) is -6.68. The summed E-state index contributed by atoms with van der Waals surface area (Å²) in [5.41, 5.74) is -1.77. The van der Waals surface area contributed by atoms with Crippen LogP contribution < -0.4 is 5.32 Å². The molecule has 1 fully saturated rings. The fourth-order valence-corrected chi connectivity index (χ4v) is 2.60. The topological polar surface area (TPSA) is 58.6 Å². The van der Waals surface area contributed by atoms with E-state index in [1.165, 1.54) is 12.0 Å². The average Bonchev–Trinajstić information content (AvgIpc) is 2.95. The van der Waals surface area contributed by atoms with Crippen molar-refractivity contribution < 1.29 is 31.9 Å². The van der Waals surface area contributed by atoms with Crippen molar-refractivity contribution in [3.8, 4) is 0 Å². The van der Waals surface area contributed by atoms with E-state index in [0.717, 1.165) is 0 Å². The van der Waals surface area contributed by atoms with Gasteiger partial charge in [0.2, 0.25) is 0 Å². The molecule has 9 heteroatoms. The third kappa shape index (κ3) is 3.29. The molecule has 2 amide bonds. The van der Waals surface area contributed by atoms with Crippen LogP contribution in [0.4, 0.5) is 22.4 Å². The first-order valence-corrected chi connectivity index (χ1v) is 7.12. The van der Waals surface area contributed by atoms with Gasteiger partial charge in [-0.15, -0.1) is 0 Å². The first-order valence-electron chi connectivity index (χ1n) is 7.12. The van der Waals surface area contributed by atoms with Crippen LogP contribution in [0, 0.1) is 28.7 Å². The zero-order valence-electron chi connectivity index (χ0n) is 13.1. The highest BCUT2D eigenvalue weighted by atomic mass is 19.2. The van der Waals surface area contributed by atoms with Crippen LogP contribution in [0.1, 0.15) is 18.9 Å². The third-order valence-corrected chi connectivity index (χ3v) is 4.06. The molecule has 1 unspecified atom stereocenters. The number of halogens is 4. The van der Waals surface area contributed by atoms with Crippen LogP contribution in [-0.4, -0.2) is 37.1 Å². The van der Waals surface area contributed by atoms with Gasteiger partial charge in [-0.25, -0.2) is 22.4 Å². The van der Waals surface area contributed by atoms with Crippen molar-refractivity contribution in [2.75, 3.05) is 20.2 Å². The van der Waals surface area contributed by atoms with Crippen molar-refractivity contribution in [3.05, 3.63) is 34.9 Å². The second kappa shape index (κ2) is 6.66. The summed E-state index contributed by atoms with van der Waals surface area (Å²) >= 11 is 0. The van der Waals surface area contributed by atoms with Gasteiger partial charge in [-0.1, -0.05) is 0 Å². The highest BCUT2D eigenvalue weighted by molar-refractivity contribution is 5.80. The monoisotopic (exact) mass is 348 g/mol. The maximum absolute atomic E-state index is 13.5. The second-order valence-electron chi connectivity index (χ2n) is 5.83. The Labute approximate surface area is 135 Å². The summed E-state index contributed by atoms with van der Waals surface area (Å²) in [4.78, 5) is 25.0. The first-order chi connectivity index (χ1) is 11.2. The van der Waals surface area contributed by atoms with Gasteiger partial charge in [0.25, 0.3) is 0 Å². The van der Waals surface area contributed by atoms with Gasteiger partial charge in [0.1, 0.15) is 0 Å². The molecule has 1 heterocycles. The smallest absolute Gasteiger partial charge is 0.317 e. The summed E-state index contributed by atoms with van der Waals surface area (Å²) in [6.07, 6.45) is 0.365. The number of urea groups is 1. The van der Waals surface area contributed by atoms with E-state index in [-0.39, 0.29) is 19.2 Å². The highest BCUT2D eigenvalue weighted by Crippen LogP contribution is 2.31. The largest absolute Gasteiger partial charge is 0.469 e. The maximum atomic E-state index is 13.5. The molecule has 1 aliphatic heterocycles. The van der Waals surface area contributed by atoms with Crippen molar-refractivity contribution >= 4 is 12.0 Å². The van der Waals surface area contributed by atoms with Gasteiger partial charge < -0.3 is 15.0 Å². The van der Waals surface area contributed by atoms with E-state index in [0.29, 0.717) is 6.42 Å². The number of likely N-dealkylation sites (tertiary alicyclic amines) is 1. The molecule has 0 saturated carbocycles. The fraction of sp³-hybridized carbons (Fsp3) is 0.467. The molecular weight excluding hydrogens is 332 g/mol. The lowest BCUT2D eigenvalue weighted by Crippen LogP contribution is -2.41. The molecule has 1 aromatic rings. The number of ether oxygens (including phenoxy) is 1. The number of methoxy groups -OCH3 is 1. The van der Waals surface area contributed by atoms with E-state index >= 15 is 0 Å². The number of nitrogens with zero attached hydrogens (tertiary/aromatic N) is 1. The number of esters is 1. The summed E-state index contributed by atoms with van der Waals surface area (Å²) < 4.78 is 58.0. The molecule has 0 spiro atoms. The molecule has 0 bridgehead atoms. The van der Waals surface area contributed by atoms with Crippen molar-refractivity contribution in [2.24, 2.45) is 5.41 Å². The zero-order chi connectivity index (χ0) is 18.1. The number of carbonyl (C=O) groups is 2. The van der Waals surface area contributed by atoms with E-state index in [2.05, 4.69) is 10.1 Å². The van der Waals surface area contributed by atoms with E-state index in [4.69, 9.17) is 0 Å². The number of hydrogen-bond donors (Lipinski definition) is 1. The Morgan fingerprint density at radius 3 is 2.38 bits per heavy atom. The lowest BCUT2D eigenvalue weighted by molar-refractivity contribution is -0.150. The quantitative estimate of drug-likeness (QED) is 0.518. The number of nitrogens with one attached hydrogen (secondary N) is 1. The predicted octanol–water partition coefficient (Wildman–Crippen LogP) is 2.34. The normalized spacial score (nSPS) is 20.2. The van der Waals surface area contributed by atoms with E-state index < -0.39 is 52.8 Å². The summed E-state index contributed by atoms with van der Waals surface area (Å²) in [6.45, 7) is 1.21. The average molecular weight is 348 g/mol. The maximum Gasteiger partial charge on any atom is 0.317 e. The number of benzene rings is 1. The summed E-state index contributed by atoms with van der Waals surface area (Å²) in [6, 6.07) is -0.607. The molecule has 1 aliphatic rings. The molecule has 1 N–H and O–H groups in total. The molecule has 2 rings (SSSR count). The Hall–Kier alpha value is -2.32. The Bertz CT molecular complexity index is 657. The molecule has 0 aliphatic carbocycles. The van der Waals surface area contributed by atoms with Crippen LogP contribution in [0.25, 0.3) is 0 Å². The SMILES string of the molecule is COC(=O)C1(C)CCN(C(=O)NCc2c(F)c(F)cc(F)c2F)C1. The number of carbonyl (C=O) groups excluding carboxylic acids is 2. The van der Waals surface area contributed by atoms with Crippen LogP contribution in [0.5, 0.6) is 0 Å². The van der Waals surface area contributed by atoms with Crippen molar-refractivity contribution in [1.29, 1.82) is 0 Å². The standard InChI is InChI=1S/C15H16F4N2O3/c1-15(13(22)24-2)3-4-21(7-15)14(23)20-6-8-11(18)9(16)5-10(17)12(8)19/h5H,3-4,6-7H2,1-2H3,(H,20,23). The molecule has 1 atom stereocenters. The second-order valence-corrected chi connectivity index (χ2v) is 5.83. The zero-order valence-corrected chi connectivity index (χ0v) is 13.1. The van der Waals surface area contributed by atoms with Gasteiger partial charge in [-0.3, -0.25) is 4.79 Å². The van der Waals surface area contributed by atoms with Crippen molar-refractivity contribution in [3.63, 3.8) is 0 Å². The molecule has 24 heavy (non-hydrogen) atoms. The van der Waals surface area contributed by atoms with Crippen LogP contribution >= 0.6 is 0 Å². The van der Waals surface area contributed by atoms with Gasteiger partial charge in [0.05, 0.1) is 19.1 Å². The van der Waals surface area contributed by atoms with Crippen LogP contribution in [0.15, 0.2) is 6.07 Å². The van der Waals surface area contributed by atoms with Gasteiger partial charge >= 0.3 is 12.0 Å². The van der Waals surface area contributed by atoms with E-state index in [9.17, 15) is 27.2 Å². The predicted molar refractivity (Wildman–Crippen MR) is 74.8 cm³/mol.